The second kappa shape index (κ2) is 5.28. The average Bonchev–Trinajstić information content (AvgIpc) is 2.36. The predicted octanol–water partition coefficient (Wildman–Crippen LogP) is 3.78. The monoisotopic (exact) mass is 303 g/mol. The second-order valence-electron chi connectivity index (χ2n) is 4.13. The molecule has 1 heterocycles. The number of halogens is 4. The summed E-state index contributed by atoms with van der Waals surface area (Å²) in [5.74, 6) is -0.570. The van der Waals surface area contributed by atoms with E-state index >= 15 is 0 Å². The number of alkyl halides is 3. The van der Waals surface area contributed by atoms with Crippen LogP contribution < -0.4 is 0 Å². The van der Waals surface area contributed by atoms with Gasteiger partial charge in [0, 0.05) is 5.39 Å². The van der Waals surface area contributed by atoms with Crippen molar-refractivity contribution in [3.8, 4) is 0 Å². The van der Waals surface area contributed by atoms with Crippen molar-refractivity contribution in [1.29, 1.82) is 0 Å². The highest BCUT2D eigenvalue weighted by atomic mass is 35.5. The van der Waals surface area contributed by atoms with Gasteiger partial charge >= 0.3 is 12.1 Å². The van der Waals surface area contributed by atoms with E-state index in [-0.39, 0.29) is 16.3 Å². The van der Waals surface area contributed by atoms with E-state index in [0.29, 0.717) is 10.9 Å². The number of pyridine rings is 1. The van der Waals surface area contributed by atoms with Crippen molar-refractivity contribution >= 4 is 28.5 Å². The van der Waals surface area contributed by atoms with Crippen LogP contribution in [0.3, 0.4) is 0 Å². The number of esters is 1. The lowest BCUT2D eigenvalue weighted by atomic mass is 10.1. The lowest BCUT2D eigenvalue weighted by Gasteiger charge is -2.09. The number of hydrogen-bond donors (Lipinski definition) is 0. The molecule has 0 N–H and O–H groups in total. The van der Waals surface area contributed by atoms with Crippen molar-refractivity contribution in [3.63, 3.8) is 0 Å². The number of ether oxygens (including phenoxy) is 1. The normalized spacial score (nSPS) is 11.7. The van der Waals surface area contributed by atoms with Crippen molar-refractivity contribution in [1.82, 2.24) is 4.98 Å². The number of nitrogens with zero attached hydrogens (tertiary/aromatic N) is 1. The Kier molecular flexibility index (Phi) is 3.85. The Morgan fingerprint density at radius 3 is 2.65 bits per heavy atom. The SMILES string of the molecule is COC(=O)c1ccc2nc(Cl)c(CC(F)(F)F)cc2c1. The molecule has 3 nitrogen and oxygen atoms in total. The molecule has 1 aromatic heterocycles. The van der Waals surface area contributed by atoms with Crippen LogP contribution in [0.15, 0.2) is 24.3 Å². The standard InChI is InChI=1S/C13H9ClF3NO2/c1-20-12(19)7-2-3-10-8(4-7)5-9(11(14)18-10)6-13(15,16)17/h2-5H,6H2,1H3. The Morgan fingerprint density at radius 1 is 1.35 bits per heavy atom. The van der Waals surface area contributed by atoms with Gasteiger partial charge in [0.1, 0.15) is 5.15 Å². The van der Waals surface area contributed by atoms with Crippen LogP contribution in [-0.4, -0.2) is 24.2 Å². The highest BCUT2D eigenvalue weighted by Crippen LogP contribution is 2.28. The Labute approximate surface area is 117 Å². The number of hydrogen-bond acceptors (Lipinski definition) is 3. The minimum absolute atomic E-state index is 0.131. The summed E-state index contributed by atoms with van der Waals surface area (Å²) in [6, 6.07) is 5.68. The van der Waals surface area contributed by atoms with Crippen molar-refractivity contribution in [2.45, 2.75) is 12.6 Å². The third-order valence-electron chi connectivity index (χ3n) is 2.65. The molecule has 0 saturated heterocycles. The average molecular weight is 304 g/mol. The molecular formula is C13H9ClF3NO2. The van der Waals surface area contributed by atoms with E-state index in [1.165, 1.54) is 31.4 Å². The molecule has 0 spiro atoms. The Hall–Kier alpha value is -1.82. The summed E-state index contributed by atoms with van der Waals surface area (Å²) in [5.41, 5.74) is 0.518. The van der Waals surface area contributed by atoms with E-state index in [4.69, 9.17) is 11.6 Å². The number of methoxy groups -OCH3 is 1. The van der Waals surface area contributed by atoms with Crippen LogP contribution >= 0.6 is 11.6 Å². The molecule has 20 heavy (non-hydrogen) atoms. The second-order valence-corrected chi connectivity index (χ2v) is 4.49. The molecule has 0 unspecified atom stereocenters. The fraction of sp³-hybridized carbons (Fsp3) is 0.231. The maximum absolute atomic E-state index is 12.4. The largest absolute Gasteiger partial charge is 0.465 e. The number of carbonyl (C=O) groups is 1. The quantitative estimate of drug-likeness (QED) is 0.626. The highest BCUT2D eigenvalue weighted by molar-refractivity contribution is 6.30. The molecule has 7 heteroatoms. The van der Waals surface area contributed by atoms with Gasteiger partial charge < -0.3 is 4.74 Å². The first kappa shape index (κ1) is 14.6. The summed E-state index contributed by atoms with van der Waals surface area (Å²) in [6.45, 7) is 0. The van der Waals surface area contributed by atoms with Crippen LogP contribution in [0, 0.1) is 0 Å². The molecule has 0 atom stereocenters. The zero-order valence-electron chi connectivity index (χ0n) is 10.3. The van der Waals surface area contributed by atoms with Gasteiger partial charge in [-0.15, -0.1) is 0 Å². The molecule has 0 aliphatic rings. The zero-order chi connectivity index (χ0) is 14.9. The summed E-state index contributed by atoms with van der Waals surface area (Å²) >= 11 is 5.74. The molecular weight excluding hydrogens is 295 g/mol. The maximum Gasteiger partial charge on any atom is 0.393 e. The minimum atomic E-state index is -4.38. The van der Waals surface area contributed by atoms with Crippen LogP contribution in [-0.2, 0) is 11.2 Å². The third-order valence-corrected chi connectivity index (χ3v) is 2.98. The minimum Gasteiger partial charge on any atom is -0.465 e. The van der Waals surface area contributed by atoms with Gasteiger partial charge in [-0.2, -0.15) is 13.2 Å². The van der Waals surface area contributed by atoms with Crippen LogP contribution in [0.5, 0.6) is 0 Å². The summed E-state index contributed by atoms with van der Waals surface area (Å²) in [5, 5.41) is 0.206. The first-order valence-electron chi connectivity index (χ1n) is 5.54. The lowest BCUT2D eigenvalue weighted by molar-refractivity contribution is -0.127. The molecule has 0 amide bonds. The number of rotatable bonds is 2. The van der Waals surface area contributed by atoms with E-state index in [1.807, 2.05) is 0 Å². The van der Waals surface area contributed by atoms with E-state index in [0.717, 1.165) is 0 Å². The van der Waals surface area contributed by atoms with Gasteiger partial charge in [0.15, 0.2) is 0 Å². The number of fused-ring (bicyclic) bond motifs is 1. The van der Waals surface area contributed by atoms with E-state index < -0.39 is 18.6 Å². The van der Waals surface area contributed by atoms with Crippen LogP contribution in [0.1, 0.15) is 15.9 Å². The first-order valence-corrected chi connectivity index (χ1v) is 5.92. The molecule has 0 aliphatic carbocycles. The lowest BCUT2D eigenvalue weighted by Crippen LogP contribution is -2.12. The Morgan fingerprint density at radius 2 is 2.05 bits per heavy atom. The van der Waals surface area contributed by atoms with Crippen LogP contribution in [0.2, 0.25) is 5.15 Å². The van der Waals surface area contributed by atoms with E-state index in [9.17, 15) is 18.0 Å². The predicted molar refractivity (Wildman–Crippen MR) is 67.9 cm³/mol. The van der Waals surface area contributed by atoms with Gasteiger partial charge in [0.25, 0.3) is 0 Å². The van der Waals surface area contributed by atoms with Crippen LogP contribution in [0.25, 0.3) is 10.9 Å². The smallest absolute Gasteiger partial charge is 0.393 e. The van der Waals surface area contributed by atoms with E-state index in [2.05, 4.69) is 9.72 Å². The fourth-order valence-electron chi connectivity index (χ4n) is 1.78. The zero-order valence-corrected chi connectivity index (χ0v) is 11.0. The van der Waals surface area contributed by atoms with Gasteiger partial charge in [-0.3, -0.25) is 0 Å². The summed E-state index contributed by atoms with van der Waals surface area (Å²) in [6.07, 6.45) is -5.55. The summed E-state index contributed by atoms with van der Waals surface area (Å²) < 4.78 is 41.8. The fourth-order valence-corrected chi connectivity index (χ4v) is 1.99. The molecule has 0 radical (unpaired) electrons. The van der Waals surface area contributed by atoms with E-state index in [1.54, 1.807) is 0 Å². The summed E-state index contributed by atoms with van der Waals surface area (Å²) in [7, 11) is 1.22. The molecule has 2 rings (SSSR count). The van der Waals surface area contributed by atoms with Crippen molar-refractivity contribution in [2.75, 3.05) is 7.11 Å². The van der Waals surface area contributed by atoms with Gasteiger partial charge in [-0.25, -0.2) is 9.78 Å². The van der Waals surface area contributed by atoms with Gasteiger partial charge in [-0.1, -0.05) is 11.6 Å². The topological polar surface area (TPSA) is 39.2 Å². The Bertz CT molecular complexity index is 670. The van der Waals surface area contributed by atoms with Gasteiger partial charge in [0.05, 0.1) is 24.6 Å². The maximum atomic E-state index is 12.4. The molecule has 106 valence electrons. The molecule has 0 saturated carbocycles. The Balaban J connectivity index is 2.51. The third kappa shape index (κ3) is 3.19. The molecule has 0 fully saturated rings. The summed E-state index contributed by atoms with van der Waals surface area (Å²) in [4.78, 5) is 15.3. The van der Waals surface area contributed by atoms with Gasteiger partial charge in [-0.05, 0) is 29.8 Å². The number of aromatic nitrogens is 1. The first-order chi connectivity index (χ1) is 9.30. The van der Waals surface area contributed by atoms with Crippen LogP contribution in [0.4, 0.5) is 13.2 Å². The highest BCUT2D eigenvalue weighted by Gasteiger charge is 2.29. The van der Waals surface area contributed by atoms with Crippen molar-refractivity contribution in [2.24, 2.45) is 0 Å². The number of carbonyl (C=O) groups excluding carboxylic acids is 1. The molecule has 0 bridgehead atoms. The molecule has 2 aromatic rings. The molecule has 1 aromatic carbocycles. The van der Waals surface area contributed by atoms with Crippen molar-refractivity contribution in [3.05, 3.63) is 40.5 Å². The van der Waals surface area contributed by atoms with Gasteiger partial charge in [0.2, 0.25) is 0 Å². The van der Waals surface area contributed by atoms with Crippen molar-refractivity contribution < 1.29 is 22.7 Å². The molecule has 0 aliphatic heterocycles. The number of benzene rings is 1.